The molecule has 1 aliphatic rings. The van der Waals surface area contributed by atoms with Gasteiger partial charge < -0.3 is 10.2 Å². The lowest BCUT2D eigenvalue weighted by Crippen LogP contribution is -2.43. The van der Waals surface area contributed by atoms with Gasteiger partial charge in [0.05, 0.1) is 5.69 Å². The molecule has 1 N–H and O–H groups in total. The van der Waals surface area contributed by atoms with Crippen LogP contribution in [0, 0.1) is 0 Å². The Hall–Kier alpha value is -2.63. The van der Waals surface area contributed by atoms with Crippen LogP contribution < -0.4 is 5.32 Å². The van der Waals surface area contributed by atoms with Crippen LogP contribution in [0.15, 0.2) is 42.7 Å². The minimum absolute atomic E-state index is 0.0733. The summed E-state index contributed by atoms with van der Waals surface area (Å²) in [6.45, 7) is 2.65. The molecule has 1 aromatic carbocycles. The second-order valence-corrected chi connectivity index (χ2v) is 5.98. The Bertz CT molecular complexity index is 694. The van der Waals surface area contributed by atoms with Gasteiger partial charge in [-0.3, -0.25) is 9.59 Å². The fourth-order valence-corrected chi connectivity index (χ4v) is 3.04. The van der Waals surface area contributed by atoms with Gasteiger partial charge in [-0.15, -0.1) is 0 Å². The average molecular weight is 326 g/mol. The summed E-state index contributed by atoms with van der Waals surface area (Å²) in [6, 6.07) is 9.01. The molecule has 0 radical (unpaired) electrons. The number of likely N-dealkylation sites (tertiary alicyclic amines) is 1. The largest absolute Gasteiger partial charge is 0.331 e. The fourth-order valence-electron chi connectivity index (χ4n) is 3.04. The summed E-state index contributed by atoms with van der Waals surface area (Å²) in [6.07, 6.45) is 6.50. The lowest BCUT2D eigenvalue weighted by atomic mass is 10.2. The molecule has 2 amide bonds. The summed E-state index contributed by atoms with van der Waals surface area (Å²) in [5.41, 5.74) is 1.66. The summed E-state index contributed by atoms with van der Waals surface area (Å²) >= 11 is 0. The molecule has 0 spiro atoms. The Kier molecular flexibility index (Phi) is 4.93. The van der Waals surface area contributed by atoms with Crippen molar-refractivity contribution in [3.05, 3.63) is 42.7 Å². The van der Waals surface area contributed by atoms with Crippen LogP contribution in [0.1, 0.15) is 32.6 Å². The number of rotatable bonds is 5. The second-order valence-electron chi connectivity index (χ2n) is 5.98. The van der Waals surface area contributed by atoms with Crippen molar-refractivity contribution >= 4 is 17.5 Å². The summed E-state index contributed by atoms with van der Waals surface area (Å²) in [4.78, 5) is 26.4. The zero-order chi connectivity index (χ0) is 16.9. The van der Waals surface area contributed by atoms with Crippen LogP contribution in [-0.2, 0) is 9.59 Å². The van der Waals surface area contributed by atoms with E-state index in [4.69, 9.17) is 0 Å². The highest BCUT2D eigenvalue weighted by Gasteiger charge is 2.33. The van der Waals surface area contributed by atoms with Gasteiger partial charge in [-0.25, -0.2) is 4.68 Å². The minimum Gasteiger partial charge on any atom is -0.331 e. The molecule has 6 nitrogen and oxygen atoms in total. The van der Waals surface area contributed by atoms with E-state index in [9.17, 15) is 9.59 Å². The summed E-state index contributed by atoms with van der Waals surface area (Å²) < 4.78 is 1.76. The van der Waals surface area contributed by atoms with Gasteiger partial charge in [0.15, 0.2) is 0 Å². The van der Waals surface area contributed by atoms with Crippen LogP contribution in [0.4, 0.5) is 5.69 Å². The number of carbonyl (C=O) groups is 2. The molecule has 0 saturated carbocycles. The first-order chi connectivity index (χ1) is 11.7. The molecule has 0 bridgehead atoms. The van der Waals surface area contributed by atoms with Crippen molar-refractivity contribution in [3.63, 3.8) is 0 Å². The van der Waals surface area contributed by atoms with Crippen molar-refractivity contribution in [3.8, 4) is 5.69 Å². The van der Waals surface area contributed by atoms with Gasteiger partial charge in [0, 0.05) is 31.0 Å². The number of hydrogen-bond donors (Lipinski definition) is 1. The molecule has 1 aromatic heterocycles. The summed E-state index contributed by atoms with van der Waals surface area (Å²) in [7, 11) is 0. The van der Waals surface area contributed by atoms with Gasteiger partial charge in [0.25, 0.3) is 0 Å². The van der Waals surface area contributed by atoms with E-state index in [0.717, 1.165) is 30.6 Å². The maximum Gasteiger partial charge on any atom is 0.247 e. The molecule has 2 aromatic rings. The van der Waals surface area contributed by atoms with E-state index in [1.165, 1.54) is 0 Å². The van der Waals surface area contributed by atoms with Crippen molar-refractivity contribution in [2.75, 3.05) is 11.9 Å². The van der Waals surface area contributed by atoms with Crippen LogP contribution in [0.5, 0.6) is 0 Å². The van der Waals surface area contributed by atoms with E-state index in [1.54, 1.807) is 15.8 Å². The van der Waals surface area contributed by atoms with Gasteiger partial charge in [-0.1, -0.05) is 6.92 Å². The first-order valence-corrected chi connectivity index (χ1v) is 8.39. The lowest BCUT2D eigenvalue weighted by molar-refractivity contribution is -0.136. The third-order valence-corrected chi connectivity index (χ3v) is 4.24. The van der Waals surface area contributed by atoms with Crippen molar-refractivity contribution < 1.29 is 9.59 Å². The number of anilines is 1. The smallest absolute Gasteiger partial charge is 0.247 e. The fraction of sp³-hybridized carbons (Fsp3) is 0.389. The predicted molar refractivity (Wildman–Crippen MR) is 91.8 cm³/mol. The van der Waals surface area contributed by atoms with Gasteiger partial charge in [0.2, 0.25) is 11.8 Å². The van der Waals surface area contributed by atoms with E-state index in [1.807, 2.05) is 43.5 Å². The SMILES string of the molecule is CCCC(=O)N1CCCC1C(=O)Nc1ccc(-n2cccn2)cc1. The van der Waals surface area contributed by atoms with Crippen molar-refractivity contribution in [1.29, 1.82) is 0 Å². The number of carbonyl (C=O) groups excluding carboxylic acids is 2. The van der Waals surface area contributed by atoms with Gasteiger partial charge >= 0.3 is 0 Å². The van der Waals surface area contributed by atoms with Crippen LogP contribution in [-0.4, -0.2) is 39.1 Å². The topological polar surface area (TPSA) is 67.2 Å². The molecule has 6 heteroatoms. The summed E-state index contributed by atoms with van der Waals surface area (Å²) in [5, 5.41) is 7.09. The monoisotopic (exact) mass is 326 g/mol. The number of amides is 2. The Balaban J connectivity index is 1.65. The molecule has 1 atom stereocenters. The molecule has 3 rings (SSSR count). The quantitative estimate of drug-likeness (QED) is 0.918. The van der Waals surface area contributed by atoms with E-state index < -0.39 is 0 Å². The molecule has 126 valence electrons. The number of aromatic nitrogens is 2. The molecule has 2 heterocycles. The molecule has 1 fully saturated rings. The number of hydrogen-bond acceptors (Lipinski definition) is 3. The van der Waals surface area contributed by atoms with Gasteiger partial charge in [-0.2, -0.15) is 5.10 Å². The third kappa shape index (κ3) is 3.48. The van der Waals surface area contributed by atoms with Crippen LogP contribution in [0.25, 0.3) is 5.69 Å². The summed E-state index contributed by atoms with van der Waals surface area (Å²) in [5.74, 6) is -0.0343. The van der Waals surface area contributed by atoms with Crippen molar-refractivity contribution in [2.24, 2.45) is 0 Å². The molecule has 1 aliphatic heterocycles. The number of benzene rings is 1. The molecule has 1 unspecified atom stereocenters. The van der Waals surface area contributed by atoms with Gasteiger partial charge in [-0.05, 0) is 49.6 Å². The molecule has 0 aliphatic carbocycles. The second kappa shape index (κ2) is 7.29. The van der Waals surface area contributed by atoms with Crippen molar-refractivity contribution in [1.82, 2.24) is 14.7 Å². The number of nitrogens with one attached hydrogen (secondary N) is 1. The number of nitrogens with zero attached hydrogens (tertiary/aromatic N) is 3. The minimum atomic E-state index is -0.352. The third-order valence-electron chi connectivity index (χ3n) is 4.24. The van der Waals surface area contributed by atoms with E-state index in [-0.39, 0.29) is 17.9 Å². The lowest BCUT2D eigenvalue weighted by Gasteiger charge is -2.24. The zero-order valence-corrected chi connectivity index (χ0v) is 13.8. The maximum atomic E-state index is 12.5. The average Bonchev–Trinajstić information content (AvgIpc) is 3.27. The highest BCUT2D eigenvalue weighted by atomic mass is 16.2. The van der Waals surface area contributed by atoms with E-state index in [0.29, 0.717) is 13.0 Å². The zero-order valence-electron chi connectivity index (χ0n) is 13.8. The Morgan fingerprint density at radius 1 is 1.29 bits per heavy atom. The van der Waals surface area contributed by atoms with E-state index in [2.05, 4.69) is 10.4 Å². The molecular weight excluding hydrogens is 304 g/mol. The first-order valence-electron chi connectivity index (χ1n) is 8.39. The van der Waals surface area contributed by atoms with Gasteiger partial charge in [0.1, 0.15) is 6.04 Å². The van der Waals surface area contributed by atoms with Crippen LogP contribution in [0.3, 0.4) is 0 Å². The maximum absolute atomic E-state index is 12.5. The Labute approximate surface area is 141 Å². The predicted octanol–water partition coefficient (Wildman–Crippen LogP) is 2.60. The van der Waals surface area contributed by atoms with E-state index >= 15 is 0 Å². The van der Waals surface area contributed by atoms with Crippen LogP contribution in [0.2, 0.25) is 0 Å². The highest BCUT2D eigenvalue weighted by Crippen LogP contribution is 2.21. The molecule has 24 heavy (non-hydrogen) atoms. The molecular formula is C18H22N4O2. The first kappa shape index (κ1) is 16.2. The standard InChI is InChI=1S/C18H22N4O2/c1-2-5-17(23)21-12-3-6-16(21)18(24)20-14-7-9-15(10-8-14)22-13-4-11-19-22/h4,7-11,13,16H,2-3,5-6,12H2,1H3,(H,20,24). The Morgan fingerprint density at radius 2 is 2.08 bits per heavy atom. The van der Waals surface area contributed by atoms with Crippen LogP contribution >= 0.6 is 0 Å². The van der Waals surface area contributed by atoms with Crippen molar-refractivity contribution in [2.45, 2.75) is 38.6 Å². The highest BCUT2D eigenvalue weighted by molar-refractivity contribution is 5.97. The molecule has 1 saturated heterocycles. The Morgan fingerprint density at radius 3 is 2.75 bits per heavy atom. The normalized spacial score (nSPS) is 17.0.